The number of nitrogens with zero attached hydrogens (tertiary/aromatic N) is 1. The van der Waals surface area contributed by atoms with Gasteiger partial charge in [0.1, 0.15) is 43.1 Å². The fourth-order valence-corrected chi connectivity index (χ4v) is 4.16. The summed E-state index contributed by atoms with van der Waals surface area (Å²) in [6.45, 7) is 1.05. The zero-order chi connectivity index (χ0) is 24.7. The lowest BCUT2D eigenvalue weighted by molar-refractivity contribution is 0.178. The molecule has 6 heteroatoms. The zero-order valence-corrected chi connectivity index (χ0v) is 20.0. The summed E-state index contributed by atoms with van der Waals surface area (Å²) < 4.78 is 23.1. The molecule has 4 aromatic carbocycles. The van der Waals surface area contributed by atoms with Crippen LogP contribution < -0.4 is 19.1 Å². The molecule has 1 unspecified atom stereocenters. The Morgan fingerprint density at radius 3 is 2.03 bits per heavy atom. The van der Waals surface area contributed by atoms with Gasteiger partial charge in [-0.05, 0) is 47.5 Å². The predicted octanol–water partition coefficient (Wildman–Crippen LogP) is 6.55. The molecule has 1 fully saturated rings. The molecule has 1 saturated heterocycles. The third kappa shape index (κ3) is 5.28. The van der Waals surface area contributed by atoms with E-state index < -0.39 is 6.09 Å². The summed E-state index contributed by atoms with van der Waals surface area (Å²) in [6.07, 6.45) is -0.399. The van der Waals surface area contributed by atoms with Crippen LogP contribution in [0.15, 0.2) is 103 Å². The van der Waals surface area contributed by atoms with Gasteiger partial charge in [-0.1, -0.05) is 60.7 Å². The highest BCUT2D eigenvalue weighted by molar-refractivity contribution is 5.90. The first-order valence-electron chi connectivity index (χ1n) is 11.8. The molecule has 36 heavy (non-hydrogen) atoms. The first-order valence-corrected chi connectivity index (χ1v) is 11.8. The van der Waals surface area contributed by atoms with Gasteiger partial charge in [-0.15, -0.1) is 0 Å². The lowest BCUT2D eigenvalue weighted by Crippen LogP contribution is -2.27. The number of carbonyl (C=O) groups is 1. The van der Waals surface area contributed by atoms with Crippen molar-refractivity contribution in [1.82, 2.24) is 0 Å². The van der Waals surface area contributed by atoms with Crippen LogP contribution in [0.3, 0.4) is 0 Å². The van der Waals surface area contributed by atoms with Crippen LogP contribution >= 0.6 is 0 Å². The number of amides is 1. The van der Waals surface area contributed by atoms with Crippen LogP contribution in [0, 0.1) is 0 Å². The van der Waals surface area contributed by atoms with Crippen molar-refractivity contribution >= 4 is 11.8 Å². The van der Waals surface area contributed by atoms with Gasteiger partial charge in [-0.3, -0.25) is 4.90 Å². The fourth-order valence-electron chi connectivity index (χ4n) is 4.16. The van der Waals surface area contributed by atoms with E-state index in [1.165, 1.54) is 0 Å². The van der Waals surface area contributed by atoms with Crippen LogP contribution in [-0.2, 0) is 18.0 Å². The van der Waals surface area contributed by atoms with Crippen LogP contribution in [0.1, 0.15) is 22.7 Å². The molecular formula is C30H27NO5. The largest absolute Gasteiger partial charge is 0.497 e. The zero-order valence-electron chi connectivity index (χ0n) is 20.0. The minimum absolute atomic E-state index is 0.219. The number of anilines is 1. The van der Waals surface area contributed by atoms with Gasteiger partial charge < -0.3 is 18.9 Å². The normalized spacial score (nSPS) is 14.9. The van der Waals surface area contributed by atoms with E-state index >= 15 is 0 Å². The SMILES string of the molecule is COc1ccc(N2C(=O)OCC2c2ccc(OCc3ccccc3)cc2OCc2ccccc2)cc1. The Bertz CT molecular complexity index is 1290. The van der Waals surface area contributed by atoms with E-state index in [0.29, 0.717) is 24.7 Å². The van der Waals surface area contributed by atoms with Crippen molar-refractivity contribution < 1.29 is 23.7 Å². The number of cyclic esters (lactones) is 1. The summed E-state index contributed by atoms with van der Waals surface area (Å²) >= 11 is 0. The van der Waals surface area contributed by atoms with E-state index in [0.717, 1.165) is 28.1 Å². The predicted molar refractivity (Wildman–Crippen MR) is 138 cm³/mol. The molecule has 1 aliphatic heterocycles. The fraction of sp³-hybridized carbons (Fsp3) is 0.167. The lowest BCUT2D eigenvalue weighted by Gasteiger charge is -2.24. The second-order valence-corrected chi connectivity index (χ2v) is 8.41. The van der Waals surface area contributed by atoms with Crippen LogP contribution in [0.25, 0.3) is 0 Å². The van der Waals surface area contributed by atoms with Crippen molar-refractivity contribution in [3.8, 4) is 17.2 Å². The highest BCUT2D eigenvalue weighted by atomic mass is 16.6. The van der Waals surface area contributed by atoms with Crippen LogP contribution in [0.4, 0.5) is 10.5 Å². The summed E-state index contributed by atoms with van der Waals surface area (Å²) in [6, 6.07) is 32.7. The van der Waals surface area contributed by atoms with E-state index in [2.05, 4.69) is 0 Å². The Hall–Kier alpha value is -4.45. The van der Waals surface area contributed by atoms with Crippen LogP contribution in [0.5, 0.6) is 17.2 Å². The standard InChI is InChI=1S/C30H27NO5/c1-33-25-14-12-24(13-15-25)31-28(21-36-30(31)32)27-17-16-26(34-19-22-8-4-2-5-9-22)18-29(27)35-20-23-10-6-3-7-11-23/h2-18,28H,19-21H2,1H3. The number of carbonyl (C=O) groups excluding carboxylic acids is 1. The second kappa shape index (κ2) is 10.9. The van der Waals surface area contributed by atoms with Gasteiger partial charge in [0, 0.05) is 17.3 Å². The molecule has 6 nitrogen and oxygen atoms in total. The molecule has 0 aliphatic carbocycles. The summed E-state index contributed by atoms with van der Waals surface area (Å²) in [5.41, 5.74) is 3.69. The Kier molecular flexibility index (Phi) is 7.03. The number of methoxy groups -OCH3 is 1. The smallest absolute Gasteiger partial charge is 0.415 e. The van der Waals surface area contributed by atoms with Crippen molar-refractivity contribution in [3.63, 3.8) is 0 Å². The van der Waals surface area contributed by atoms with E-state index in [9.17, 15) is 4.79 Å². The molecule has 1 amide bonds. The maximum absolute atomic E-state index is 12.7. The quantitative estimate of drug-likeness (QED) is 0.271. The first-order chi connectivity index (χ1) is 17.7. The first kappa shape index (κ1) is 23.3. The molecule has 5 rings (SSSR count). The molecule has 1 aliphatic rings. The summed E-state index contributed by atoms with van der Waals surface area (Å²) in [5, 5.41) is 0. The molecule has 1 atom stereocenters. The minimum Gasteiger partial charge on any atom is -0.497 e. The van der Waals surface area contributed by atoms with E-state index in [1.54, 1.807) is 12.0 Å². The van der Waals surface area contributed by atoms with Crippen molar-refractivity contribution in [2.45, 2.75) is 19.3 Å². The third-order valence-corrected chi connectivity index (χ3v) is 6.05. The average Bonchev–Trinajstić information content (AvgIpc) is 3.33. The molecule has 0 spiro atoms. The van der Waals surface area contributed by atoms with Crippen molar-refractivity contribution in [2.24, 2.45) is 0 Å². The van der Waals surface area contributed by atoms with Crippen LogP contribution in [0.2, 0.25) is 0 Å². The van der Waals surface area contributed by atoms with E-state index in [-0.39, 0.29) is 12.6 Å². The molecule has 182 valence electrons. The van der Waals surface area contributed by atoms with Crippen molar-refractivity contribution in [1.29, 1.82) is 0 Å². The third-order valence-electron chi connectivity index (χ3n) is 6.05. The van der Waals surface area contributed by atoms with Gasteiger partial charge in [0.05, 0.1) is 7.11 Å². The van der Waals surface area contributed by atoms with Gasteiger partial charge in [-0.25, -0.2) is 4.79 Å². The Labute approximate surface area is 210 Å². The molecule has 0 aromatic heterocycles. The topological polar surface area (TPSA) is 57.2 Å². The van der Waals surface area contributed by atoms with E-state index in [1.807, 2.05) is 103 Å². The molecule has 0 N–H and O–H groups in total. The van der Waals surface area contributed by atoms with Crippen LogP contribution in [-0.4, -0.2) is 19.8 Å². The summed E-state index contributed by atoms with van der Waals surface area (Å²) in [4.78, 5) is 14.4. The van der Waals surface area contributed by atoms with Gasteiger partial charge in [0.2, 0.25) is 0 Å². The van der Waals surface area contributed by atoms with Gasteiger partial charge in [-0.2, -0.15) is 0 Å². The van der Waals surface area contributed by atoms with E-state index in [4.69, 9.17) is 18.9 Å². The van der Waals surface area contributed by atoms with Gasteiger partial charge >= 0.3 is 6.09 Å². The molecule has 4 aromatic rings. The number of ether oxygens (including phenoxy) is 4. The molecular weight excluding hydrogens is 454 g/mol. The molecule has 0 bridgehead atoms. The number of hydrogen-bond donors (Lipinski definition) is 0. The minimum atomic E-state index is -0.399. The Balaban J connectivity index is 1.44. The maximum Gasteiger partial charge on any atom is 0.415 e. The number of hydrogen-bond acceptors (Lipinski definition) is 5. The molecule has 0 saturated carbocycles. The second-order valence-electron chi connectivity index (χ2n) is 8.41. The average molecular weight is 482 g/mol. The highest BCUT2D eigenvalue weighted by Gasteiger charge is 2.37. The lowest BCUT2D eigenvalue weighted by atomic mass is 10.0. The Morgan fingerprint density at radius 2 is 1.39 bits per heavy atom. The number of benzene rings is 4. The monoisotopic (exact) mass is 481 g/mol. The van der Waals surface area contributed by atoms with Gasteiger partial charge in [0.25, 0.3) is 0 Å². The summed E-state index contributed by atoms with van der Waals surface area (Å²) in [5.74, 6) is 2.05. The summed E-state index contributed by atoms with van der Waals surface area (Å²) in [7, 11) is 1.61. The molecule has 0 radical (unpaired) electrons. The van der Waals surface area contributed by atoms with Crippen molar-refractivity contribution in [3.05, 3.63) is 120 Å². The van der Waals surface area contributed by atoms with Crippen molar-refractivity contribution in [2.75, 3.05) is 18.6 Å². The van der Waals surface area contributed by atoms with Gasteiger partial charge in [0.15, 0.2) is 0 Å². The number of rotatable bonds is 9. The molecule has 1 heterocycles. The maximum atomic E-state index is 12.7. The highest BCUT2D eigenvalue weighted by Crippen LogP contribution is 2.39. The Morgan fingerprint density at radius 1 is 0.778 bits per heavy atom.